The summed E-state index contributed by atoms with van der Waals surface area (Å²) < 4.78 is 71.9. The number of alkyl halides is 3. The van der Waals surface area contributed by atoms with E-state index in [1.165, 1.54) is 36.4 Å². The van der Waals surface area contributed by atoms with E-state index in [1.54, 1.807) is 85.6 Å². The van der Waals surface area contributed by atoms with Crippen LogP contribution in [0.5, 0.6) is 0 Å². The fourth-order valence-corrected chi connectivity index (χ4v) is 14.4. The fraction of sp³-hybridized carbons (Fsp3) is 0.232. The molecule has 3 aliphatic rings. The van der Waals surface area contributed by atoms with Crippen molar-refractivity contribution < 1.29 is 36.3 Å². The Balaban J connectivity index is 0.000000151. The average molecular weight is 1640 g/mol. The highest BCUT2D eigenvalue weighted by molar-refractivity contribution is 6.06. The van der Waals surface area contributed by atoms with Gasteiger partial charge in [0.25, 0.3) is 17.7 Å². The first-order valence-corrected chi connectivity index (χ1v) is 39.7. The Bertz CT molecular complexity index is 6110. The molecule has 3 fully saturated rings. The lowest BCUT2D eigenvalue weighted by atomic mass is 10.0. The van der Waals surface area contributed by atoms with E-state index in [0.29, 0.717) is 80.0 Å². The van der Waals surface area contributed by atoms with Crippen LogP contribution in [0.1, 0.15) is 98.0 Å². The van der Waals surface area contributed by atoms with E-state index in [1.807, 2.05) is 112 Å². The molecule has 0 radical (unpaired) electrons. The predicted molar refractivity (Wildman–Crippen MR) is 473 cm³/mol. The van der Waals surface area contributed by atoms with E-state index in [2.05, 4.69) is 120 Å². The molecule has 8 heterocycles. The van der Waals surface area contributed by atoms with Crippen molar-refractivity contribution in [3.8, 4) is 46.8 Å². The Morgan fingerprint density at radius 1 is 0.418 bits per heavy atom. The van der Waals surface area contributed by atoms with Crippen molar-refractivity contribution in [2.75, 3.05) is 143 Å². The molecule has 0 bridgehead atoms. The molecule has 27 heteroatoms. The second-order valence-electron chi connectivity index (χ2n) is 30.7. The smallest absolute Gasteiger partial charge is 0.383 e. The largest absolute Gasteiger partial charge is 0.416 e. The third kappa shape index (κ3) is 20.4. The molecule has 3 aliphatic heterocycles. The highest BCUT2D eigenvalue weighted by atomic mass is 19.4. The van der Waals surface area contributed by atoms with Crippen LogP contribution in [-0.4, -0.2) is 172 Å². The number of pyridine rings is 3. The van der Waals surface area contributed by atoms with Crippen molar-refractivity contribution in [2.45, 2.75) is 40.4 Å². The maximum absolute atomic E-state index is 14.1. The lowest BCUT2D eigenvalue weighted by Crippen LogP contribution is -2.45. The van der Waals surface area contributed by atoms with Crippen molar-refractivity contribution in [2.24, 2.45) is 7.05 Å². The Hall–Kier alpha value is -14.1. The molecule has 0 atom stereocenters. The molecule has 0 saturated carbocycles. The summed E-state index contributed by atoms with van der Waals surface area (Å²) in [4.78, 5) is 74.0. The van der Waals surface area contributed by atoms with Crippen LogP contribution in [-0.2, 0) is 19.8 Å². The van der Waals surface area contributed by atoms with Gasteiger partial charge in [0.15, 0.2) is 0 Å². The van der Waals surface area contributed by atoms with E-state index in [-0.39, 0.29) is 64.3 Å². The number of piperazine rings is 3. The van der Waals surface area contributed by atoms with E-state index < -0.39 is 17.6 Å². The summed E-state index contributed by atoms with van der Waals surface area (Å²) in [6.45, 7) is 18.5. The number of amides is 3. The highest BCUT2D eigenvalue weighted by Crippen LogP contribution is 2.36. The zero-order valence-electron chi connectivity index (χ0n) is 68.8. The number of carbonyl (C=O) groups excluding carboxylic acids is 3. The average Bonchev–Trinajstić information content (AvgIpc) is 1.33. The molecule has 0 unspecified atom stereocenters. The molecule has 3 saturated heterocycles. The second-order valence-corrected chi connectivity index (χ2v) is 30.7. The molecular formula is C95H90F5N19O3. The summed E-state index contributed by atoms with van der Waals surface area (Å²) in [5, 5.41) is 17.3. The number of rotatable bonds is 11. The molecule has 3 amide bonds. The normalized spacial score (nSPS) is 13.9. The van der Waals surface area contributed by atoms with E-state index in [4.69, 9.17) is 17.2 Å². The molecule has 122 heavy (non-hydrogen) atoms. The number of hydrogen-bond acceptors (Lipinski definition) is 18. The van der Waals surface area contributed by atoms with Crippen LogP contribution < -0.4 is 43.0 Å². The lowest BCUT2D eigenvalue weighted by molar-refractivity contribution is -0.138. The molecule has 13 aromatic rings. The minimum absolute atomic E-state index is 0.0664. The number of nitrogens with two attached hydrogens (primary N) is 3. The SMILES string of the molecule is Cc1cc(-c2ccc3cnc(N)c(C#Cc4cc(C(=O)Nc5ccc(CN6CCN(C)CC6)c(C(F)(F)F)c5)ccc4C)c3c2)n(C)n1.Cc1ccc(C(=O)Nc2ccc(N3CCN(C)CC3)cc2)cc1C#Cc1c(N)ncc2ccc(F)cc12.Cc1ccc(C(=O)Nc2cnc(N3CCN(C)CC3)nc2)cc1C#Cc1c(N)ncc2ccc(F)cc12. The molecule has 22 nitrogen and oxygen atoms in total. The van der Waals surface area contributed by atoms with Crippen LogP contribution in [0.3, 0.4) is 0 Å². The van der Waals surface area contributed by atoms with Crippen LogP contribution >= 0.6 is 0 Å². The summed E-state index contributed by atoms with van der Waals surface area (Å²) in [5.41, 5.74) is 30.3. The van der Waals surface area contributed by atoms with E-state index in [0.717, 1.165) is 138 Å². The van der Waals surface area contributed by atoms with Crippen molar-refractivity contribution in [1.82, 2.24) is 54.3 Å². The molecule has 618 valence electrons. The van der Waals surface area contributed by atoms with Gasteiger partial charge in [-0.05, 0) is 192 Å². The van der Waals surface area contributed by atoms with E-state index >= 15 is 0 Å². The van der Waals surface area contributed by atoms with Crippen LogP contribution in [0, 0.1) is 74.9 Å². The van der Waals surface area contributed by atoms with Gasteiger partial charge in [0.1, 0.15) is 29.1 Å². The predicted octanol–water partition coefficient (Wildman–Crippen LogP) is 14.4. The first-order chi connectivity index (χ1) is 58.6. The first-order valence-electron chi connectivity index (χ1n) is 39.7. The number of nitrogens with one attached hydrogen (secondary N) is 3. The minimum Gasteiger partial charge on any atom is -0.383 e. The Kier molecular flexibility index (Phi) is 25.6. The second kappa shape index (κ2) is 37.0. The van der Waals surface area contributed by atoms with E-state index in [9.17, 15) is 36.3 Å². The number of aryl methyl sites for hydroxylation is 5. The number of aromatic nitrogens is 7. The summed E-state index contributed by atoms with van der Waals surface area (Å²) in [6.07, 6.45) is 3.56. The molecule has 0 spiro atoms. The van der Waals surface area contributed by atoms with Gasteiger partial charge in [0.05, 0.1) is 51.7 Å². The Labute approximate surface area is 704 Å². The van der Waals surface area contributed by atoms with Gasteiger partial charge < -0.3 is 57.7 Å². The van der Waals surface area contributed by atoms with Crippen molar-refractivity contribution in [1.29, 1.82) is 0 Å². The number of halogens is 5. The number of nitrogens with zero attached hydrogens (tertiary/aromatic N) is 13. The van der Waals surface area contributed by atoms with Crippen LogP contribution in [0.15, 0.2) is 189 Å². The van der Waals surface area contributed by atoms with Gasteiger partial charge in [-0.2, -0.15) is 18.3 Å². The topological polar surface area (TPSA) is 267 Å². The van der Waals surface area contributed by atoms with Gasteiger partial charge >= 0.3 is 6.18 Å². The number of benzene rings is 8. The highest BCUT2D eigenvalue weighted by Gasteiger charge is 2.35. The molecular weight excluding hydrogens is 1550 g/mol. The molecule has 16 rings (SSSR count). The van der Waals surface area contributed by atoms with Gasteiger partial charge in [-0.1, -0.05) is 71.9 Å². The third-order valence-electron chi connectivity index (χ3n) is 21.8. The van der Waals surface area contributed by atoms with Crippen molar-refractivity contribution in [3.63, 3.8) is 0 Å². The number of nitrogen functional groups attached to an aromatic ring is 3. The molecule has 0 aliphatic carbocycles. The summed E-state index contributed by atoms with van der Waals surface area (Å²) >= 11 is 0. The maximum Gasteiger partial charge on any atom is 0.416 e. The zero-order valence-corrected chi connectivity index (χ0v) is 68.8. The Morgan fingerprint density at radius 3 is 1.27 bits per heavy atom. The first kappa shape index (κ1) is 84.3. The number of anilines is 8. The van der Waals surface area contributed by atoms with Gasteiger partial charge in [-0.15, -0.1) is 0 Å². The number of hydrogen-bond donors (Lipinski definition) is 6. The number of carbonyl (C=O) groups is 3. The van der Waals surface area contributed by atoms with Crippen LogP contribution in [0.4, 0.5) is 68.1 Å². The van der Waals surface area contributed by atoms with Gasteiger partial charge in [0, 0.05) is 199 Å². The minimum atomic E-state index is -4.56. The van der Waals surface area contributed by atoms with Gasteiger partial charge in [-0.25, -0.2) is 33.7 Å². The summed E-state index contributed by atoms with van der Waals surface area (Å²) in [5.74, 6) is 18.2. The van der Waals surface area contributed by atoms with Crippen LogP contribution in [0.2, 0.25) is 0 Å². The third-order valence-corrected chi connectivity index (χ3v) is 21.8. The lowest BCUT2D eigenvalue weighted by Gasteiger charge is -2.34. The Morgan fingerprint density at radius 2 is 0.828 bits per heavy atom. The standard InChI is InChI=1S/C37H36F3N7O.C30H28FN5O.C28H26FN7O/c1-23-5-6-27(36(48)43-30-11-9-29(33(20-30)37(38,39)40)22-47-15-13-45(3)14-16-47)18-25(23)10-12-31-32-19-26(34-17-24(2)44-46(34)4)7-8-28(32)21-42-35(31)41;1-20-3-4-22(30(37)34-25-8-10-26(11-9-25)36-15-13-35(2)14-16-36)17-21(20)6-12-27-28-18-24(31)7-5-23(28)19-33-29(27)32;1-18-3-4-20(27(37)34-23-16-32-28(33-17-23)36-11-9-35(2)10-12-36)13-19(18)6-8-24-25-14-22(29)7-5-21(25)15-31-26(24)30/h5-9,11,17-21H,13-16,22H2,1-4H3,(H2,41,42)(H,43,48);3-5,7-11,17-19H,13-16H2,1-2H3,(H2,32,33)(H,34,37);3-5,7,13-17H,9-12H2,1-2H3,(H2,30,31)(H,34,37). The monoisotopic (exact) mass is 1640 g/mol. The van der Waals surface area contributed by atoms with Gasteiger partial charge in [0.2, 0.25) is 5.95 Å². The summed E-state index contributed by atoms with van der Waals surface area (Å²) in [6, 6.07) is 44.4. The molecule has 9 N–H and O–H groups in total. The van der Waals surface area contributed by atoms with Crippen molar-refractivity contribution in [3.05, 3.63) is 284 Å². The zero-order chi connectivity index (χ0) is 86.0. The quantitative estimate of drug-likeness (QED) is 0.0519. The van der Waals surface area contributed by atoms with Crippen molar-refractivity contribution >= 4 is 96.2 Å². The number of likely N-dealkylation sites (N-methyl/N-ethyl adjacent to an activating group) is 3. The van der Waals surface area contributed by atoms with Gasteiger partial charge in [-0.3, -0.25) is 24.0 Å². The molecule has 8 aromatic carbocycles. The fourth-order valence-electron chi connectivity index (χ4n) is 14.4. The molecule has 5 aromatic heterocycles. The number of fused-ring (bicyclic) bond motifs is 3. The maximum atomic E-state index is 14.1. The summed E-state index contributed by atoms with van der Waals surface area (Å²) in [7, 11) is 8.12. The van der Waals surface area contributed by atoms with Crippen LogP contribution in [0.25, 0.3) is 43.6 Å².